The summed E-state index contributed by atoms with van der Waals surface area (Å²) in [7, 11) is 2.02. The lowest BCUT2D eigenvalue weighted by Gasteiger charge is -2.39. The zero-order valence-electron chi connectivity index (χ0n) is 13.0. The number of nitrogens with zero attached hydrogens (tertiary/aromatic N) is 6. The van der Waals surface area contributed by atoms with Gasteiger partial charge in [0.25, 0.3) is 0 Å². The topological polar surface area (TPSA) is 72.9 Å². The molecule has 0 N–H and O–H groups in total. The number of halogens is 1. The molecule has 23 heavy (non-hydrogen) atoms. The zero-order valence-corrected chi connectivity index (χ0v) is 13.0. The molecule has 124 valence electrons. The fraction of sp³-hybridized carbons (Fsp3) is 0.571. The molecule has 2 aliphatic rings. The van der Waals surface area contributed by atoms with Crippen LogP contribution in [0, 0.1) is 5.82 Å². The maximum absolute atomic E-state index is 12.9. The van der Waals surface area contributed by atoms with Crippen molar-refractivity contribution in [1.29, 1.82) is 0 Å². The van der Waals surface area contributed by atoms with Crippen LogP contribution in [0.3, 0.4) is 0 Å². The second-order valence-electron chi connectivity index (χ2n) is 5.74. The first-order valence-electron chi connectivity index (χ1n) is 7.55. The van der Waals surface area contributed by atoms with Gasteiger partial charge >= 0.3 is 6.03 Å². The Morgan fingerprint density at radius 2 is 1.65 bits per heavy atom. The fourth-order valence-electron chi connectivity index (χ4n) is 2.69. The molecule has 2 saturated heterocycles. The number of anilines is 1. The molecule has 0 aromatic carbocycles. The molecule has 9 heteroatoms. The lowest BCUT2D eigenvalue weighted by molar-refractivity contribution is -0.120. The van der Waals surface area contributed by atoms with Crippen molar-refractivity contribution in [1.82, 2.24) is 24.7 Å². The van der Waals surface area contributed by atoms with E-state index in [1.54, 1.807) is 9.80 Å². The highest BCUT2D eigenvalue weighted by molar-refractivity contribution is 5.96. The number of hydrogen-bond acceptors (Lipinski definition) is 5. The van der Waals surface area contributed by atoms with Crippen molar-refractivity contribution >= 4 is 17.9 Å². The number of amides is 3. The summed E-state index contributed by atoms with van der Waals surface area (Å²) >= 11 is 0. The van der Waals surface area contributed by atoms with Crippen LogP contribution in [0.2, 0.25) is 0 Å². The van der Waals surface area contributed by atoms with E-state index >= 15 is 0 Å². The molecule has 0 unspecified atom stereocenters. The smallest absolute Gasteiger partial charge is 0.320 e. The largest absolute Gasteiger partial charge is 0.322 e. The number of urea groups is 1. The van der Waals surface area contributed by atoms with Gasteiger partial charge in [0, 0.05) is 39.3 Å². The summed E-state index contributed by atoms with van der Waals surface area (Å²) in [6, 6.07) is -0.105. The van der Waals surface area contributed by atoms with Crippen LogP contribution in [-0.4, -0.2) is 89.5 Å². The van der Waals surface area contributed by atoms with E-state index < -0.39 is 5.82 Å². The highest BCUT2D eigenvalue weighted by atomic mass is 19.1. The number of carbonyl (C=O) groups is 2. The predicted molar refractivity (Wildman–Crippen MR) is 80.4 cm³/mol. The second kappa shape index (κ2) is 6.45. The molecule has 0 bridgehead atoms. The van der Waals surface area contributed by atoms with Crippen molar-refractivity contribution in [3.05, 3.63) is 18.2 Å². The van der Waals surface area contributed by atoms with E-state index in [2.05, 4.69) is 14.9 Å². The first-order valence-corrected chi connectivity index (χ1v) is 7.55. The molecule has 3 rings (SSSR count). The Kier molecular flexibility index (Phi) is 4.37. The Morgan fingerprint density at radius 3 is 2.26 bits per heavy atom. The third-order valence-corrected chi connectivity index (χ3v) is 4.11. The Balaban J connectivity index is 1.61. The maximum Gasteiger partial charge on any atom is 0.320 e. The summed E-state index contributed by atoms with van der Waals surface area (Å²) in [5.41, 5.74) is 0. The average molecular weight is 322 g/mol. The third-order valence-electron chi connectivity index (χ3n) is 4.11. The maximum atomic E-state index is 12.9. The standard InChI is InChI=1S/C14H19FN6O2/c1-18-2-4-19(5-3-18)14(23)20-6-7-21(12(22)10-20)13-16-8-11(15)9-17-13/h8-9H,2-7,10H2,1H3. The second-order valence-corrected chi connectivity index (χ2v) is 5.74. The minimum atomic E-state index is -0.551. The van der Waals surface area contributed by atoms with Crippen molar-refractivity contribution in [2.24, 2.45) is 0 Å². The predicted octanol–water partition coefficient (Wildman–Crippen LogP) is -0.368. The van der Waals surface area contributed by atoms with Gasteiger partial charge in [-0.05, 0) is 7.05 Å². The molecule has 1 aromatic rings. The van der Waals surface area contributed by atoms with Crippen LogP contribution in [0.15, 0.2) is 12.4 Å². The Bertz CT molecular complexity index is 587. The van der Waals surface area contributed by atoms with Crippen molar-refractivity contribution in [3.8, 4) is 0 Å². The summed E-state index contributed by atoms with van der Waals surface area (Å²) in [5.74, 6) is -0.640. The van der Waals surface area contributed by atoms with Crippen LogP contribution >= 0.6 is 0 Å². The number of rotatable bonds is 1. The van der Waals surface area contributed by atoms with Gasteiger partial charge in [-0.25, -0.2) is 19.2 Å². The van der Waals surface area contributed by atoms with Gasteiger partial charge in [0.05, 0.1) is 12.4 Å². The number of likely N-dealkylation sites (N-methyl/N-ethyl adjacent to an activating group) is 1. The molecule has 8 nitrogen and oxygen atoms in total. The molecule has 3 amide bonds. The van der Waals surface area contributed by atoms with Gasteiger partial charge in [0.2, 0.25) is 11.9 Å². The molecule has 2 aliphatic heterocycles. The van der Waals surface area contributed by atoms with E-state index in [0.29, 0.717) is 26.2 Å². The van der Waals surface area contributed by atoms with Crippen LogP contribution < -0.4 is 4.90 Å². The Morgan fingerprint density at radius 1 is 1.04 bits per heavy atom. The van der Waals surface area contributed by atoms with E-state index in [0.717, 1.165) is 25.5 Å². The summed E-state index contributed by atoms with van der Waals surface area (Å²) < 4.78 is 12.9. The quantitative estimate of drug-likeness (QED) is 0.705. The SMILES string of the molecule is CN1CCN(C(=O)N2CCN(c3ncc(F)cn3)C(=O)C2)CC1. The lowest BCUT2D eigenvalue weighted by Crippen LogP contribution is -2.58. The molecule has 3 heterocycles. The van der Waals surface area contributed by atoms with E-state index in [1.165, 1.54) is 4.90 Å². The fourth-order valence-corrected chi connectivity index (χ4v) is 2.69. The van der Waals surface area contributed by atoms with Gasteiger partial charge in [-0.2, -0.15) is 0 Å². The average Bonchev–Trinajstić information content (AvgIpc) is 2.56. The highest BCUT2D eigenvalue weighted by Gasteiger charge is 2.32. The van der Waals surface area contributed by atoms with Gasteiger partial charge in [0.1, 0.15) is 6.54 Å². The molecule has 0 radical (unpaired) electrons. The first-order chi connectivity index (χ1) is 11.0. The molecule has 1 aromatic heterocycles. The van der Waals surface area contributed by atoms with Crippen molar-refractivity contribution in [2.45, 2.75) is 0 Å². The molecule has 0 spiro atoms. The molecule has 0 aliphatic carbocycles. The van der Waals surface area contributed by atoms with Gasteiger partial charge in [-0.3, -0.25) is 9.69 Å². The number of carbonyl (C=O) groups excluding carboxylic acids is 2. The van der Waals surface area contributed by atoms with E-state index in [1.807, 2.05) is 7.05 Å². The van der Waals surface area contributed by atoms with Crippen LogP contribution in [0.25, 0.3) is 0 Å². The van der Waals surface area contributed by atoms with E-state index in [-0.39, 0.29) is 24.4 Å². The highest BCUT2D eigenvalue weighted by Crippen LogP contribution is 2.14. The number of hydrogen-bond donors (Lipinski definition) is 0. The van der Waals surface area contributed by atoms with E-state index in [9.17, 15) is 14.0 Å². The van der Waals surface area contributed by atoms with Crippen molar-refractivity contribution < 1.29 is 14.0 Å². The number of piperazine rings is 2. The van der Waals surface area contributed by atoms with E-state index in [4.69, 9.17) is 0 Å². The lowest BCUT2D eigenvalue weighted by atomic mass is 10.3. The summed E-state index contributed by atoms with van der Waals surface area (Å²) in [4.78, 5) is 39.2. The minimum Gasteiger partial charge on any atom is -0.322 e. The van der Waals surface area contributed by atoms with Crippen molar-refractivity contribution in [2.75, 3.05) is 57.8 Å². The summed E-state index contributed by atoms with van der Waals surface area (Å²) in [6.45, 7) is 3.73. The first kappa shape index (κ1) is 15.6. The van der Waals surface area contributed by atoms with Crippen LogP contribution in [0.4, 0.5) is 15.1 Å². The third kappa shape index (κ3) is 3.39. The summed E-state index contributed by atoms with van der Waals surface area (Å²) in [6.07, 6.45) is 2.05. The molecule has 0 atom stereocenters. The van der Waals surface area contributed by atoms with Gasteiger partial charge in [-0.15, -0.1) is 0 Å². The van der Waals surface area contributed by atoms with Crippen LogP contribution in [0.1, 0.15) is 0 Å². The molecular formula is C14H19FN6O2. The monoisotopic (exact) mass is 322 g/mol. The molecule has 2 fully saturated rings. The Labute approximate surface area is 133 Å². The van der Waals surface area contributed by atoms with Crippen molar-refractivity contribution in [3.63, 3.8) is 0 Å². The number of aromatic nitrogens is 2. The Hall–Kier alpha value is -2.29. The van der Waals surface area contributed by atoms with Gasteiger partial charge in [-0.1, -0.05) is 0 Å². The summed E-state index contributed by atoms with van der Waals surface area (Å²) in [5, 5.41) is 0. The van der Waals surface area contributed by atoms with Gasteiger partial charge < -0.3 is 14.7 Å². The minimum absolute atomic E-state index is 0.00803. The molecule has 0 saturated carbocycles. The van der Waals surface area contributed by atoms with Crippen LogP contribution in [-0.2, 0) is 4.79 Å². The normalized spacial score (nSPS) is 20.1. The zero-order chi connectivity index (χ0) is 16.4. The van der Waals surface area contributed by atoms with Crippen LogP contribution in [0.5, 0.6) is 0 Å². The van der Waals surface area contributed by atoms with Gasteiger partial charge in [0.15, 0.2) is 5.82 Å². The molecular weight excluding hydrogens is 303 g/mol.